The number of nitrogens with one attached hydrogen (secondary N) is 1. The third-order valence-electron chi connectivity index (χ3n) is 2.92. The van der Waals surface area contributed by atoms with Crippen molar-refractivity contribution >= 4 is 10.0 Å². The fourth-order valence-electron chi connectivity index (χ4n) is 1.74. The number of rotatable bonds is 5. The number of sulfonamides is 1. The maximum absolute atomic E-state index is 12.2. The van der Waals surface area contributed by atoms with Crippen LogP contribution < -0.4 is 10.5 Å². The van der Waals surface area contributed by atoms with E-state index in [0.717, 1.165) is 11.1 Å². The van der Waals surface area contributed by atoms with Crippen molar-refractivity contribution in [1.82, 2.24) is 14.9 Å². The average molecular weight is 292 g/mol. The molecule has 0 saturated heterocycles. The van der Waals surface area contributed by atoms with Crippen LogP contribution in [0.4, 0.5) is 0 Å². The molecule has 0 atom stereocenters. The van der Waals surface area contributed by atoms with Gasteiger partial charge >= 0.3 is 0 Å². The van der Waals surface area contributed by atoms with Crippen LogP contribution in [0.1, 0.15) is 16.8 Å². The highest BCUT2D eigenvalue weighted by molar-refractivity contribution is 7.89. The molecule has 20 heavy (non-hydrogen) atoms. The van der Waals surface area contributed by atoms with Crippen molar-refractivity contribution < 1.29 is 8.42 Å². The molecule has 7 heteroatoms. The van der Waals surface area contributed by atoms with E-state index in [0.29, 0.717) is 12.2 Å². The summed E-state index contributed by atoms with van der Waals surface area (Å²) in [6, 6.07) is 8.30. The molecule has 0 aliphatic heterocycles. The summed E-state index contributed by atoms with van der Waals surface area (Å²) in [6.07, 6.45) is 1.53. The van der Waals surface area contributed by atoms with Crippen molar-refractivity contribution in [3.8, 4) is 0 Å². The van der Waals surface area contributed by atoms with Crippen molar-refractivity contribution in [2.24, 2.45) is 5.73 Å². The van der Waals surface area contributed by atoms with E-state index in [1.54, 1.807) is 30.3 Å². The van der Waals surface area contributed by atoms with Gasteiger partial charge in [0.1, 0.15) is 0 Å². The number of hydrogen-bond acceptors (Lipinski definition) is 5. The second-order valence-electron chi connectivity index (χ2n) is 4.33. The first-order valence-electron chi connectivity index (χ1n) is 6.09. The Morgan fingerprint density at radius 1 is 1.30 bits per heavy atom. The lowest BCUT2D eigenvalue weighted by Gasteiger charge is -2.09. The van der Waals surface area contributed by atoms with Crippen LogP contribution >= 0.6 is 0 Å². The Morgan fingerprint density at radius 3 is 2.70 bits per heavy atom. The Balaban J connectivity index is 2.16. The van der Waals surface area contributed by atoms with E-state index in [2.05, 4.69) is 14.9 Å². The summed E-state index contributed by atoms with van der Waals surface area (Å²) in [6.45, 7) is 2.33. The number of nitrogens with two attached hydrogens (primary N) is 1. The molecule has 106 valence electrons. The van der Waals surface area contributed by atoms with Gasteiger partial charge in [0, 0.05) is 12.7 Å². The van der Waals surface area contributed by atoms with Crippen molar-refractivity contribution in [1.29, 1.82) is 0 Å². The van der Waals surface area contributed by atoms with E-state index in [4.69, 9.17) is 5.73 Å². The Morgan fingerprint density at radius 2 is 2.10 bits per heavy atom. The molecule has 0 saturated carbocycles. The van der Waals surface area contributed by atoms with Gasteiger partial charge in [-0.3, -0.25) is 0 Å². The van der Waals surface area contributed by atoms with Crippen molar-refractivity contribution in [3.05, 3.63) is 53.3 Å². The first-order chi connectivity index (χ1) is 9.53. The van der Waals surface area contributed by atoms with Crippen LogP contribution in [0.5, 0.6) is 0 Å². The number of benzene rings is 1. The minimum absolute atomic E-state index is 0.105. The van der Waals surface area contributed by atoms with Gasteiger partial charge in [-0.1, -0.05) is 6.07 Å². The number of aromatic nitrogens is 2. The van der Waals surface area contributed by atoms with Gasteiger partial charge in [0.2, 0.25) is 10.0 Å². The highest BCUT2D eigenvalue weighted by atomic mass is 32.2. The third-order valence-corrected chi connectivity index (χ3v) is 4.31. The van der Waals surface area contributed by atoms with Gasteiger partial charge in [-0.05, 0) is 42.3 Å². The van der Waals surface area contributed by atoms with E-state index in [9.17, 15) is 8.42 Å². The van der Waals surface area contributed by atoms with Crippen LogP contribution in [0.25, 0.3) is 0 Å². The maximum atomic E-state index is 12.2. The highest BCUT2D eigenvalue weighted by Gasteiger charge is 2.14. The van der Waals surface area contributed by atoms with Crippen molar-refractivity contribution in [2.75, 3.05) is 0 Å². The quantitative estimate of drug-likeness (QED) is 0.846. The predicted octanol–water partition coefficient (Wildman–Crippen LogP) is 0.722. The lowest BCUT2D eigenvalue weighted by molar-refractivity contribution is 0.580. The molecule has 2 aromatic rings. The molecule has 2 rings (SSSR count). The number of hydrogen-bond donors (Lipinski definition) is 2. The lowest BCUT2D eigenvalue weighted by Crippen LogP contribution is -2.24. The average Bonchev–Trinajstić information content (AvgIpc) is 2.46. The minimum atomic E-state index is -3.56. The molecule has 0 amide bonds. The van der Waals surface area contributed by atoms with E-state index >= 15 is 0 Å². The standard InChI is InChI=1S/C13H16N4O2S/c1-10-7-13(5-4-11(10)8-14)20(18,19)16-9-12-3-2-6-15-17-12/h2-7,16H,8-9,14H2,1H3. The van der Waals surface area contributed by atoms with Gasteiger partial charge in [-0.25, -0.2) is 13.1 Å². The van der Waals surface area contributed by atoms with Gasteiger partial charge < -0.3 is 5.73 Å². The summed E-state index contributed by atoms with van der Waals surface area (Å²) in [5, 5.41) is 7.52. The molecule has 0 aliphatic carbocycles. The molecule has 1 aromatic carbocycles. The van der Waals surface area contributed by atoms with Crippen LogP contribution in [0.15, 0.2) is 41.4 Å². The third kappa shape index (κ3) is 3.38. The lowest BCUT2D eigenvalue weighted by atomic mass is 10.1. The molecule has 0 radical (unpaired) electrons. The van der Waals surface area contributed by atoms with E-state index < -0.39 is 10.0 Å². The molecular weight excluding hydrogens is 276 g/mol. The Kier molecular flexibility index (Phi) is 4.43. The molecule has 0 unspecified atom stereocenters. The summed E-state index contributed by atoms with van der Waals surface area (Å²) in [5.41, 5.74) is 7.91. The molecule has 0 bridgehead atoms. The highest BCUT2D eigenvalue weighted by Crippen LogP contribution is 2.15. The van der Waals surface area contributed by atoms with Crippen LogP contribution in [0.2, 0.25) is 0 Å². The fraction of sp³-hybridized carbons (Fsp3) is 0.231. The topological polar surface area (TPSA) is 98.0 Å². The zero-order chi connectivity index (χ0) is 14.6. The summed E-state index contributed by atoms with van der Waals surface area (Å²) in [7, 11) is -3.56. The van der Waals surface area contributed by atoms with Gasteiger partial charge in [0.25, 0.3) is 0 Å². The second-order valence-corrected chi connectivity index (χ2v) is 6.10. The molecule has 0 fully saturated rings. The number of nitrogens with zero attached hydrogens (tertiary/aromatic N) is 2. The zero-order valence-electron chi connectivity index (χ0n) is 11.1. The van der Waals surface area contributed by atoms with Crippen LogP contribution in [-0.2, 0) is 23.1 Å². The minimum Gasteiger partial charge on any atom is -0.326 e. The normalized spacial score (nSPS) is 11.5. The first kappa shape index (κ1) is 14.6. The van der Waals surface area contributed by atoms with Crippen molar-refractivity contribution in [2.45, 2.75) is 24.9 Å². The molecule has 1 heterocycles. The van der Waals surface area contributed by atoms with Gasteiger partial charge in [-0.15, -0.1) is 0 Å². The van der Waals surface area contributed by atoms with Crippen LogP contribution in [0, 0.1) is 6.92 Å². The summed E-state index contributed by atoms with van der Waals surface area (Å²) in [4.78, 5) is 0.219. The van der Waals surface area contributed by atoms with Crippen molar-refractivity contribution in [3.63, 3.8) is 0 Å². The molecule has 6 nitrogen and oxygen atoms in total. The van der Waals surface area contributed by atoms with E-state index in [1.807, 2.05) is 6.92 Å². The first-order valence-corrected chi connectivity index (χ1v) is 7.57. The second kappa shape index (κ2) is 6.08. The van der Waals surface area contributed by atoms with Crippen LogP contribution in [0.3, 0.4) is 0 Å². The summed E-state index contributed by atoms with van der Waals surface area (Å²) < 4.78 is 26.8. The zero-order valence-corrected chi connectivity index (χ0v) is 11.9. The Labute approximate surface area is 118 Å². The molecule has 1 aromatic heterocycles. The molecule has 0 aliphatic rings. The number of aryl methyl sites for hydroxylation is 1. The fourth-order valence-corrected chi connectivity index (χ4v) is 2.83. The summed E-state index contributed by atoms with van der Waals surface area (Å²) in [5.74, 6) is 0. The van der Waals surface area contributed by atoms with E-state index in [1.165, 1.54) is 6.20 Å². The smallest absolute Gasteiger partial charge is 0.240 e. The maximum Gasteiger partial charge on any atom is 0.240 e. The van der Waals surface area contributed by atoms with Crippen LogP contribution in [-0.4, -0.2) is 18.6 Å². The van der Waals surface area contributed by atoms with Gasteiger partial charge in [0.15, 0.2) is 0 Å². The van der Waals surface area contributed by atoms with Gasteiger partial charge in [-0.2, -0.15) is 10.2 Å². The molecular formula is C13H16N4O2S. The largest absolute Gasteiger partial charge is 0.326 e. The van der Waals surface area contributed by atoms with E-state index in [-0.39, 0.29) is 11.4 Å². The summed E-state index contributed by atoms with van der Waals surface area (Å²) >= 11 is 0. The Hall–Kier alpha value is -1.83. The predicted molar refractivity (Wildman–Crippen MR) is 75.1 cm³/mol. The molecule has 0 spiro atoms. The Bertz CT molecular complexity index is 687. The monoisotopic (exact) mass is 292 g/mol. The SMILES string of the molecule is Cc1cc(S(=O)(=O)NCc2cccnn2)ccc1CN. The van der Waals surface area contributed by atoms with Gasteiger partial charge in [0.05, 0.1) is 17.1 Å². The molecule has 3 N–H and O–H groups in total.